The normalized spacial score (nSPS) is 17.6. The lowest BCUT2D eigenvalue weighted by Crippen LogP contribution is -2.29. The van der Waals surface area contributed by atoms with E-state index in [4.69, 9.17) is 0 Å². The molecule has 0 radical (unpaired) electrons. The lowest BCUT2D eigenvalue weighted by Gasteiger charge is -2.12. The van der Waals surface area contributed by atoms with E-state index in [1.54, 1.807) is 19.1 Å². The number of carbonyl (C=O) groups is 1. The molecule has 0 bridgehead atoms. The smallest absolute Gasteiger partial charge is 0.284 e. The number of benzene rings is 2. The van der Waals surface area contributed by atoms with Gasteiger partial charge in [-0.2, -0.15) is 8.42 Å². The van der Waals surface area contributed by atoms with Crippen LogP contribution >= 0.6 is 11.8 Å². The number of amidine groups is 1. The van der Waals surface area contributed by atoms with Crippen LogP contribution in [-0.2, 0) is 14.8 Å². The van der Waals surface area contributed by atoms with Gasteiger partial charge in [-0.3, -0.25) is 9.69 Å². The third-order valence-electron chi connectivity index (χ3n) is 4.02. The molecular weight excluding hydrogens is 400 g/mol. The minimum absolute atomic E-state index is 0.0447. The molecule has 28 heavy (non-hydrogen) atoms. The number of amides is 1. The van der Waals surface area contributed by atoms with Crippen LogP contribution < -0.4 is 0 Å². The molecule has 0 saturated carbocycles. The molecule has 0 spiro atoms. The number of nitrogens with zero attached hydrogens (tertiary/aromatic N) is 2. The molecule has 3 rings (SSSR count). The number of sulfonamides is 1. The van der Waals surface area contributed by atoms with Crippen LogP contribution in [0.2, 0.25) is 0 Å². The summed E-state index contributed by atoms with van der Waals surface area (Å²) < 4.78 is 29.0. The van der Waals surface area contributed by atoms with Gasteiger partial charge in [0.05, 0.1) is 9.80 Å². The van der Waals surface area contributed by atoms with Gasteiger partial charge in [0, 0.05) is 18.2 Å². The second kappa shape index (κ2) is 7.69. The van der Waals surface area contributed by atoms with Gasteiger partial charge in [-0.25, -0.2) is 0 Å². The van der Waals surface area contributed by atoms with Crippen molar-refractivity contribution in [2.45, 2.75) is 18.7 Å². The second-order valence-corrected chi connectivity index (χ2v) is 8.68. The first kappa shape index (κ1) is 20.0. The van der Waals surface area contributed by atoms with Crippen molar-refractivity contribution in [3.8, 4) is 11.5 Å². The van der Waals surface area contributed by atoms with Crippen LogP contribution in [0.4, 0.5) is 0 Å². The zero-order chi connectivity index (χ0) is 20.5. The van der Waals surface area contributed by atoms with Crippen molar-refractivity contribution in [2.24, 2.45) is 4.40 Å². The third kappa shape index (κ3) is 4.05. The van der Waals surface area contributed by atoms with E-state index in [2.05, 4.69) is 4.40 Å². The van der Waals surface area contributed by atoms with E-state index in [0.717, 1.165) is 23.4 Å². The lowest BCUT2D eigenvalue weighted by atomic mass is 10.1. The number of aryl methyl sites for hydroxylation is 1. The Hall–Kier alpha value is -2.78. The first-order valence-electron chi connectivity index (χ1n) is 8.36. The first-order valence-corrected chi connectivity index (χ1v) is 10.6. The van der Waals surface area contributed by atoms with Crippen molar-refractivity contribution < 1.29 is 23.4 Å². The molecule has 0 aromatic heterocycles. The number of hydrogen-bond acceptors (Lipinski definition) is 6. The van der Waals surface area contributed by atoms with E-state index in [1.165, 1.54) is 35.2 Å². The fraction of sp³-hybridized carbons (Fsp3) is 0.158. The summed E-state index contributed by atoms with van der Waals surface area (Å²) in [7, 11) is -3.97. The van der Waals surface area contributed by atoms with Gasteiger partial charge in [0.15, 0.2) is 5.17 Å². The molecular formula is C19H18N2O5S2. The molecule has 1 amide bonds. The van der Waals surface area contributed by atoms with Gasteiger partial charge in [0.1, 0.15) is 11.5 Å². The van der Waals surface area contributed by atoms with Crippen molar-refractivity contribution in [3.05, 3.63) is 58.5 Å². The highest BCUT2D eigenvalue weighted by Crippen LogP contribution is 2.35. The summed E-state index contributed by atoms with van der Waals surface area (Å²) in [5, 5.41) is 19.4. The third-order valence-corrected chi connectivity index (χ3v) is 6.43. The van der Waals surface area contributed by atoms with Gasteiger partial charge in [0.2, 0.25) is 0 Å². The molecule has 2 N–H and O–H groups in total. The van der Waals surface area contributed by atoms with Crippen molar-refractivity contribution in [2.75, 3.05) is 6.54 Å². The largest absolute Gasteiger partial charge is 0.508 e. The fourth-order valence-electron chi connectivity index (χ4n) is 2.52. The quantitative estimate of drug-likeness (QED) is 0.739. The molecule has 2 aromatic rings. The highest BCUT2D eigenvalue weighted by Gasteiger charge is 2.34. The van der Waals surface area contributed by atoms with E-state index in [9.17, 15) is 23.4 Å². The number of rotatable bonds is 4. The molecule has 1 aliphatic rings. The zero-order valence-electron chi connectivity index (χ0n) is 15.2. The lowest BCUT2D eigenvalue weighted by molar-refractivity contribution is -0.122. The minimum atomic E-state index is -3.97. The Bertz CT molecular complexity index is 1090. The molecule has 1 fully saturated rings. The first-order chi connectivity index (χ1) is 13.2. The monoisotopic (exact) mass is 418 g/mol. The van der Waals surface area contributed by atoms with Gasteiger partial charge in [-0.15, -0.1) is 4.40 Å². The molecule has 146 valence electrons. The van der Waals surface area contributed by atoms with Gasteiger partial charge >= 0.3 is 0 Å². The molecule has 0 unspecified atom stereocenters. The number of thioether (sulfide) groups is 1. The number of carbonyl (C=O) groups excluding carboxylic acids is 1. The summed E-state index contributed by atoms with van der Waals surface area (Å²) in [6.45, 7) is 3.81. The summed E-state index contributed by atoms with van der Waals surface area (Å²) in [5.41, 5.74) is 1.25. The maximum absolute atomic E-state index is 12.6. The average Bonchev–Trinajstić information content (AvgIpc) is 2.91. The van der Waals surface area contributed by atoms with E-state index < -0.39 is 15.9 Å². The van der Waals surface area contributed by atoms with Crippen molar-refractivity contribution in [3.63, 3.8) is 0 Å². The van der Waals surface area contributed by atoms with Crippen LogP contribution in [0.5, 0.6) is 11.5 Å². The summed E-state index contributed by atoms with van der Waals surface area (Å²) >= 11 is 0.919. The van der Waals surface area contributed by atoms with Crippen LogP contribution in [0.3, 0.4) is 0 Å². The SMILES string of the molecule is CCN1C(=O)/C(=C/c2ccc(O)cc2O)S/C1=N/S(=O)(=O)c1ccc(C)cc1. The van der Waals surface area contributed by atoms with E-state index in [0.29, 0.717) is 5.56 Å². The predicted octanol–water partition coefficient (Wildman–Crippen LogP) is 3.09. The molecule has 7 nitrogen and oxygen atoms in total. The Labute approximate surface area is 167 Å². The molecule has 9 heteroatoms. The van der Waals surface area contributed by atoms with Crippen molar-refractivity contribution in [1.29, 1.82) is 0 Å². The van der Waals surface area contributed by atoms with E-state index in [1.807, 2.05) is 6.92 Å². The maximum Gasteiger partial charge on any atom is 0.284 e. The Morgan fingerprint density at radius 1 is 1.14 bits per heavy atom. The number of phenolic OH excluding ortho intramolecular Hbond substituents is 2. The topological polar surface area (TPSA) is 107 Å². The van der Waals surface area contributed by atoms with Crippen LogP contribution in [-0.4, -0.2) is 41.2 Å². The molecule has 1 aliphatic heterocycles. The van der Waals surface area contributed by atoms with Crippen LogP contribution in [0, 0.1) is 6.92 Å². The molecule has 0 aliphatic carbocycles. The number of hydrogen-bond donors (Lipinski definition) is 2. The number of aromatic hydroxyl groups is 2. The van der Waals surface area contributed by atoms with Crippen LogP contribution in [0.15, 0.2) is 56.7 Å². The fourth-order valence-corrected chi connectivity index (χ4v) is 4.75. The molecule has 2 aromatic carbocycles. The van der Waals surface area contributed by atoms with Crippen molar-refractivity contribution in [1.82, 2.24) is 4.90 Å². The second-order valence-electron chi connectivity index (χ2n) is 6.07. The Morgan fingerprint density at radius 2 is 1.82 bits per heavy atom. The number of likely N-dealkylation sites (N-methyl/N-ethyl adjacent to an activating group) is 1. The van der Waals surface area contributed by atoms with Gasteiger partial charge in [-0.05, 0) is 56.0 Å². The molecule has 0 atom stereocenters. The average molecular weight is 418 g/mol. The molecule has 1 saturated heterocycles. The maximum atomic E-state index is 12.6. The van der Waals surface area contributed by atoms with E-state index in [-0.39, 0.29) is 33.0 Å². The highest BCUT2D eigenvalue weighted by molar-refractivity contribution is 8.19. The Kier molecular flexibility index (Phi) is 5.48. The zero-order valence-corrected chi connectivity index (χ0v) is 16.8. The van der Waals surface area contributed by atoms with Gasteiger partial charge in [0.25, 0.3) is 15.9 Å². The number of phenols is 2. The summed E-state index contributed by atoms with van der Waals surface area (Å²) in [6.07, 6.45) is 1.44. The Morgan fingerprint density at radius 3 is 2.43 bits per heavy atom. The van der Waals surface area contributed by atoms with Crippen LogP contribution in [0.25, 0.3) is 6.08 Å². The van der Waals surface area contributed by atoms with Gasteiger partial charge < -0.3 is 10.2 Å². The highest BCUT2D eigenvalue weighted by atomic mass is 32.2. The standard InChI is InChI=1S/C19H18N2O5S2/c1-3-21-18(24)17(10-13-6-7-14(22)11-16(13)23)27-19(21)20-28(25,26)15-8-4-12(2)5-9-15/h4-11,22-23H,3H2,1-2H3/b17-10-,20-19+. The Balaban J connectivity index is 1.98. The summed E-state index contributed by atoms with van der Waals surface area (Å²) in [4.78, 5) is 14.2. The molecule has 1 heterocycles. The van der Waals surface area contributed by atoms with Gasteiger partial charge in [-0.1, -0.05) is 17.7 Å². The summed E-state index contributed by atoms with van der Waals surface area (Å²) in [6, 6.07) is 10.3. The minimum Gasteiger partial charge on any atom is -0.508 e. The van der Waals surface area contributed by atoms with Crippen LogP contribution in [0.1, 0.15) is 18.1 Å². The summed E-state index contributed by atoms with van der Waals surface area (Å²) in [5.74, 6) is -0.703. The van der Waals surface area contributed by atoms with E-state index >= 15 is 0 Å². The van der Waals surface area contributed by atoms with Crippen molar-refractivity contribution >= 4 is 38.9 Å². The predicted molar refractivity (Wildman–Crippen MR) is 109 cm³/mol.